The number of rotatable bonds is 1. The maximum Gasteiger partial charge on any atom is 0.165 e. The summed E-state index contributed by atoms with van der Waals surface area (Å²) in [5.74, 6) is -1.41. The van der Waals surface area contributed by atoms with Gasteiger partial charge in [0.05, 0.1) is 5.57 Å². The van der Waals surface area contributed by atoms with Crippen LogP contribution in [0.25, 0.3) is 5.76 Å². The quantitative estimate of drug-likeness (QED) is 0.452. The number of hydrogen-bond acceptors (Lipinski definition) is 3. The molecule has 2 rings (SSSR count). The molecule has 0 unspecified atom stereocenters. The molecule has 1 aromatic rings. The Hall–Kier alpha value is -1.32. The Morgan fingerprint density at radius 2 is 1.72 bits per heavy atom. The molecule has 1 aliphatic carbocycles. The summed E-state index contributed by atoms with van der Waals surface area (Å²) >= 11 is 11.6. The molecule has 0 bridgehead atoms. The van der Waals surface area contributed by atoms with E-state index < -0.39 is 17.3 Å². The van der Waals surface area contributed by atoms with Crippen LogP contribution in [0.5, 0.6) is 0 Å². The van der Waals surface area contributed by atoms with Crippen molar-refractivity contribution in [3.8, 4) is 0 Å². The minimum Gasteiger partial charge on any atom is -0.871 e. The molecule has 94 valence electrons. The van der Waals surface area contributed by atoms with E-state index >= 15 is 0 Å². The first-order valence-corrected chi connectivity index (χ1v) is 6.19. The minimum atomic E-state index is -0.605. The number of hydrogen-bond donors (Lipinski definition) is 0. The zero-order valence-corrected chi connectivity index (χ0v) is 10.8. The Labute approximate surface area is 114 Å². The number of ketones is 2. The molecule has 1 aromatic carbocycles. The van der Waals surface area contributed by atoms with Crippen LogP contribution in [-0.4, -0.2) is 11.6 Å². The van der Waals surface area contributed by atoms with Crippen molar-refractivity contribution in [2.75, 3.05) is 0 Å². The van der Waals surface area contributed by atoms with Crippen molar-refractivity contribution in [3.05, 3.63) is 39.4 Å². The fourth-order valence-electron chi connectivity index (χ4n) is 1.88. The largest absolute Gasteiger partial charge is 0.871 e. The second-order valence-corrected chi connectivity index (χ2v) is 4.87. The van der Waals surface area contributed by atoms with Crippen LogP contribution in [0.1, 0.15) is 24.8 Å². The zero-order chi connectivity index (χ0) is 13.3. The van der Waals surface area contributed by atoms with E-state index in [0.29, 0.717) is 11.4 Å². The number of carbonyl (C=O) groups excluding carboxylic acids is 2. The summed E-state index contributed by atoms with van der Waals surface area (Å²) in [5, 5.41) is 12.7. The molecule has 0 radical (unpaired) electrons. The second kappa shape index (κ2) is 5.12. The molecular formula is C13H9Cl2O3-. The molecule has 5 heteroatoms. The number of benzene rings is 1. The molecule has 0 aliphatic heterocycles. The molecule has 1 aliphatic rings. The molecule has 3 nitrogen and oxygen atoms in total. The first-order valence-electron chi connectivity index (χ1n) is 5.44. The third-order valence-electron chi connectivity index (χ3n) is 2.77. The molecule has 18 heavy (non-hydrogen) atoms. The van der Waals surface area contributed by atoms with Crippen molar-refractivity contribution in [1.29, 1.82) is 0 Å². The summed E-state index contributed by atoms with van der Waals surface area (Å²) in [6.07, 6.45) is 0.971. The van der Waals surface area contributed by atoms with Crippen LogP contribution >= 0.6 is 23.2 Å². The number of carbonyl (C=O) groups is 2. The van der Waals surface area contributed by atoms with Crippen LogP contribution < -0.4 is 5.11 Å². The van der Waals surface area contributed by atoms with E-state index in [1.54, 1.807) is 0 Å². The van der Waals surface area contributed by atoms with E-state index in [-0.39, 0.29) is 29.0 Å². The maximum absolute atomic E-state index is 12.1. The van der Waals surface area contributed by atoms with Gasteiger partial charge in [0.15, 0.2) is 11.6 Å². The van der Waals surface area contributed by atoms with Crippen molar-refractivity contribution < 1.29 is 14.7 Å². The Balaban J connectivity index is 2.54. The fraction of sp³-hybridized carbons (Fsp3) is 0.231. The molecule has 0 atom stereocenters. The predicted molar refractivity (Wildman–Crippen MR) is 67.2 cm³/mol. The Bertz CT molecular complexity index is 543. The minimum absolute atomic E-state index is 0.139. The molecule has 0 heterocycles. The second-order valence-electron chi connectivity index (χ2n) is 4.03. The standard InChI is InChI=1S/C13H10Cl2O3/c14-7-4-5-8(9(15)6-7)13(18)12-10(16)2-1-3-11(12)17/h4-6,18H,1-3H2/p-1. The van der Waals surface area contributed by atoms with E-state index in [4.69, 9.17) is 23.2 Å². The molecule has 0 spiro atoms. The van der Waals surface area contributed by atoms with Crippen LogP contribution in [0, 0.1) is 0 Å². The lowest BCUT2D eigenvalue weighted by molar-refractivity contribution is -0.244. The molecule has 0 saturated heterocycles. The fourth-order valence-corrected chi connectivity index (χ4v) is 2.37. The van der Waals surface area contributed by atoms with Crippen LogP contribution in [-0.2, 0) is 9.59 Å². The zero-order valence-electron chi connectivity index (χ0n) is 9.33. The number of halogens is 2. The summed E-state index contributed by atoms with van der Waals surface area (Å²) < 4.78 is 0. The van der Waals surface area contributed by atoms with E-state index in [0.717, 1.165) is 0 Å². The van der Waals surface area contributed by atoms with Gasteiger partial charge >= 0.3 is 0 Å². The monoisotopic (exact) mass is 283 g/mol. The van der Waals surface area contributed by atoms with Crippen LogP contribution in [0.15, 0.2) is 23.8 Å². The highest BCUT2D eigenvalue weighted by Crippen LogP contribution is 2.29. The van der Waals surface area contributed by atoms with Gasteiger partial charge < -0.3 is 5.11 Å². The molecule has 0 amide bonds. The van der Waals surface area contributed by atoms with E-state index in [2.05, 4.69) is 0 Å². The topological polar surface area (TPSA) is 57.2 Å². The van der Waals surface area contributed by atoms with Gasteiger partial charge in [-0.05, 0) is 24.1 Å². The highest BCUT2D eigenvalue weighted by molar-refractivity contribution is 6.36. The summed E-state index contributed by atoms with van der Waals surface area (Å²) in [6.45, 7) is 0. The third-order valence-corrected chi connectivity index (χ3v) is 3.32. The maximum atomic E-state index is 12.1. The predicted octanol–water partition coefficient (Wildman–Crippen LogP) is 2.39. The van der Waals surface area contributed by atoms with Gasteiger partial charge in [0, 0.05) is 22.9 Å². The summed E-state index contributed by atoms with van der Waals surface area (Å²) in [4.78, 5) is 23.3. The van der Waals surface area contributed by atoms with Crippen molar-refractivity contribution in [2.24, 2.45) is 0 Å². The number of allylic oxidation sites excluding steroid dienone is 1. The van der Waals surface area contributed by atoms with Crippen LogP contribution in [0.3, 0.4) is 0 Å². The lowest BCUT2D eigenvalue weighted by Gasteiger charge is -2.22. The average molecular weight is 284 g/mol. The summed E-state index contributed by atoms with van der Waals surface area (Å²) in [7, 11) is 0. The molecule has 0 aromatic heterocycles. The van der Waals surface area contributed by atoms with Gasteiger partial charge in [-0.3, -0.25) is 9.59 Å². The Morgan fingerprint density at radius 1 is 1.11 bits per heavy atom. The van der Waals surface area contributed by atoms with Gasteiger partial charge in [-0.25, -0.2) is 0 Å². The average Bonchev–Trinajstić information content (AvgIpc) is 2.28. The van der Waals surface area contributed by atoms with Crippen molar-refractivity contribution in [1.82, 2.24) is 0 Å². The van der Waals surface area contributed by atoms with E-state index in [1.807, 2.05) is 0 Å². The lowest BCUT2D eigenvalue weighted by Crippen LogP contribution is -2.24. The van der Waals surface area contributed by atoms with Crippen LogP contribution in [0.2, 0.25) is 10.0 Å². The first-order chi connectivity index (χ1) is 8.50. The van der Waals surface area contributed by atoms with Gasteiger partial charge in [-0.15, -0.1) is 0 Å². The van der Waals surface area contributed by atoms with Gasteiger partial charge in [0.1, 0.15) is 0 Å². The van der Waals surface area contributed by atoms with E-state index in [1.165, 1.54) is 18.2 Å². The van der Waals surface area contributed by atoms with Crippen molar-refractivity contribution in [3.63, 3.8) is 0 Å². The normalized spacial score (nSPS) is 16.0. The molecule has 1 saturated carbocycles. The van der Waals surface area contributed by atoms with Crippen LogP contribution in [0.4, 0.5) is 0 Å². The van der Waals surface area contributed by atoms with Crippen molar-refractivity contribution in [2.45, 2.75) is 19.3 Å². The first kappa shape index (κ1) is 13.1. The summed E-state index contributed by atoms with van der Waals surface area (Å²) in [6, 6.07) is 4.34. The van der Waals surface area contributed by atoms with Gasteiger partial charge in [-0.2, -0.15) is 0 Å². The third kappa shape index (κ3) is 2.42. The Kier molecular flexibility index (Phi) is 3.73. The smallest absolute Gasteiger partial charge is 0.165 e. The Morgan fingerprint density at radius 3 is 2.28 bits per heavy atom. The molecular weight excluding hydrogens is 275 g/mol. The SMILES string of the molecule is O=C1CCCC(=O)C1=C([O-])c1ccc(Cl)cc1Cl. The molecule has 0 N–H and O–H groups in total. The number of Topliss-reactive ketones (excluding diaryl/α,β-unsaturated/α-hetero) is 2. The van der Waals surface area contributed by atoms with Crippen molar-refractivity contribution >= 4 is 40.5 Å². The van der Waals surface area contributed by atoms with Gasteiger partial charge in [0.25, 0.3) is 0 Å². The van der Waals surface area contributed by atoms with Gasteiger partial charge in [-0.1, -0.05) is 35.0 Å². The van der Waals surface area contributed by atoms with Gasteiger partial charge in [0.2, 0.25) is 0 Å². The lowest BCUT2D eigenvalue weighted by atomic mass is 9.90. The highest BCUT2D eigenvalue weighted by Gasteiger charge is 2.24. The molecule has 1 fully saturated rings. The highest BCUT2D eigenvalue weighted by atomic mass is 35.5. The summed E-state index contributed by atoms with van der Waals surface area (Å²) in [5.41, 5.74) is -0.120. The van der Waals surface area contributed by atoms with E-state index in [9.17, 15) is 14.7 Å².